The SMILES string of the molecule is Cn1cc(C(=O)NOC(C(=O)O)C2CC2)c(NC(=O)OCC2c3ccccc3-c3ccccc32)n1. The molecule has 0 radical (unpaired) electrons. The van der Waals surface area contributed by atoms with Crippen molar-refractivity contribution in [1.29, 1.82) is 0 Å². The van der Waals surface area contributed by atoms with Crippen LogP contribution in [-0.2, 0) is 21.4 Å². The lowest BCUT2D eigenvalue weighted by molar-refractivity contribution is -0.155. The number of ether oxygens (including phenoxy) is 1. The molecule has 2 amide bonds. The van der Waals surface area contributed by atoms with Crippen molar-refractivity contribution in [2.45, 2.75) is 24.9 Å². The molecule has 2 aliphatic rings. The summed E-state index contributed by atoms with van der Waals surface area (Å²) in [6.45, 7) is 0.110. The number of carbonyl (C=O) groups is 3. The molecule has 1 unspecified atom stereocenters. The summed E-state index contributed by atoms with van der Waals surface area (Å²) in [5.41, 5.74) is 6.58. The standard InChI is InChI=1S/C25H24N4O6/c1-29-12-19(23(30)28-35-21(24(31)32)14-10-11-14)22(27-29)26-25(33)34-13-20-17-8-4-2-6-15(17)16-7-3-5-9-18(16)20/h2-9,12,14,20-21H,10-11,13H2,1H3,(H,28,30)(H,31,32)(H,26,27,33). The highest BCUT2D eigenvalue weighted by molar-refractivity contribution is 6.01. The summed E-state index contributed by atoms with van der Waals surface area (Å²) in [6.07, 6.45) is 0.976. The zero-order valence-electron chi connectivity index (χ0n) is 18.9. The van der Waals surface area contributed by atoms with Gasteiger partial charge in [0.1, 0.15) is 12.2 Å². The third-order valence-electron chi connectivity index (χ3n) is 6.21. The summed E-state index contributed by atoms with van der Waals surface area (Å²) in [7, 11) is 1.59. The van der Waals surface area contributed by atoms with Gasteiger partial charge in [-0.1, -0.05) is 48.5 Å². The van der Waals surface area contributed by atoms with Crippen molar-refractivity contribution in [2.24, 2.45) is 13.0 Å². The Labute approximate surface area is 200 Å². The van der Waals surface area contributed by atoms with Crippen molar-refractivity contribution in [3.63, 3.8) is 0 Å². The highest BCUT2D eigenvalue weighted by atomic mass is 16.7. The number of aryl methyl sites for hydroxylation is 1. The van der Waals surface area contributed by atoms with Crippen LogP contribution in [0.5, 0.6) is 0 Å². The number of fused-ring (bicyclic) bond motifs is 3. The maximum atomic E-state index is 12.6. The van der Waals surface area contributed by atoms with Crippen molar-refractivity contribution >= 4 is 23.8 Å². The van der Waals surface area contributed by atoms with Crippen LogP contribution in [0, 0.1) is 5.92 Å². The number of aromatic nitrogens is 2. The Balaban J connectivity index is 1.23. The first-order valence-electron chi connectivity index (χ1n) is 11.3. The number of hydrogen-bond donors (Lipinski definition) is 3. The van der Waals surface area contributed by atoms with Crippen LogP contribution < -0.4 is 10.8 Å². The summed E-state index contributed by atoms with van der Waals surface area (Å²) in [6, 6.07) is 16.0. The number of anilines is 1. The molecular formula is C25H24N4O6. The van der Waals surface area contributed by atoms with Crippen LogP contribution in [0.25, 0.3) is 11.1 Å². The van der Waals surface area contributed by atoms with Crippen LogP contribution in [0.1, 0.15) is 40.2 Å². The largest absolute Gasteiger partial charge is 0.479 e. The van der Waals surface area contributed by atoms with E-state index in [0.717, 1.165) is 35.1 Å². The Kier molecular flexibility index (Phi) is 5.96. The number of hydrogen-bond acceptors (Lipinski definition) is 6. The Bertz CT molecular complexity index is 1250. The predicted octanol–water partition coefficient (Wildman–Crippen LogP) is 3.31. The van der Waals surface area contributed by atoms with E-state index >= 15 is 0 Å². The van der Waals surface area contributed by atoms with Gasteiger partial charge in [-0.25, -0.2) is 15.1 Å². The summed E-state index contributed by atoms with van der Waals surface area (Å²) in [5.74, 6) is -2.12. The number of nitrogens with zero attached hydrogens (tertiary/aromatic N) is 2. The molecule has 35 heavy (non-hydrogen) atoms. The minimum Gasteiger partial charge on any atom is -0.479 e. The summed E-state index contributed by atoms with van der Waals surface area (Å²) in [5, 5.41) is 15.9. The number of carbonyl (C=O) groups excluding carboxylic acids is 2. The highest BCUT2D eigenvalue weighted by Gasteiger charge is 2.38. The fourth-order valence-electron chi connectivity index (χ4n) is 4.40. The van der Waals surface area contributed by atoms with Gasteiger partial charge >= 0.3 is 12.1 Å². The summed E-state index contributed by atoms with van der Waals surface area (Å²) < 4.78 is 6.87. The van der Waals surface area contributed by atoms with Crippen LogP contribution >= 0.6 is 0 Å². The number of benzene rings is 2. The van der Waals surface area contributed by atoms with Gasteiger partial charge in [0, 0.05) is 19.2 Å². The Morgan fingerprint density at radius 1 is 1.09 bits per heavy atom. The van der Waals surface area contributed by atoms with Gasteiger partial charge in [-0.3, -0.25) is 19.6 Å². The molecule has 10 nitrogen and oxygen atoms in total. The van der Waals surface area contributed by atoms with Crippen molar-refractivity contribution in [3.8, 4) is 11.1 Å². The molecule has 0 saturated heterocycles. The van der Waals surface area contributed by atoms with E-state index in [9.17, 15) is 19.5 Å². The first kappa shape index (κ1) is 22.6. The van der Waals surface area contributed by atoms with Gasteiger partial charge in [-0.2, -0.15) is 5.10 Å². The predicted molar refractivity (Wildman–Crippen MR) is 125 cm³/mol. The molecule has 10 heteroatoms. The van der Waals surface area contributed by atoms with E-state index in [1.807, 2.05) is 48.5 Å². The number of carboxylic acid groups (broad SMARTS) is 1. The molecule has 2 aliphatic carbocycles. The minimum absolute atomic E-state index is 0.0148. The van der Waals surface area contributed by atoms with E-state index in [2.05, 4.69) is 15.9 Å². The number of aliphatic carboxylic acids is 1. The highest BCUT2D eigenvalue weighted by Crippen LogP contribution is 2.44. The second-order valence-electron chi connectivity index (χ2n) is 8.66. The number of nitrogens with one attached hydrogen (secondary N) is 2. The topological polar surface area (TPSA) is 132 Å². The van der Waals surface area contributed by atoms with Gasteiger partial charge in [-0.05, 0) is 41.0 Å². The van der Waals surface area contributed by atoms with Crippen LogP contribution in [0.4, 0.5) is 10.6 Å². The normalized spacial score (nSPS) is 15.1. The van der Waals surface area contributed by atoms with E-state index in [1.54, 1.807) is 7.05 Å². The van der Waals surface area contributed by atoms with Crippen LogP contribution in [0.3, 0.4) is 0 Å². The second-order valence-corrected chi connectivity index (χ2v) is 8.66. The van der Waals surface area contributed by atoms with Crippen LogP contribution in [-0.4, -0.2) is 45.6 Å². The Morgan fingerprint density at radius 3 is 2.31 bits per heavy atom. The molecule has 1 saturated carbocycles. The Morgan fingerprint density at radius 2 is 1.71 bits per heavy atom. The van der Waals surface area contributed by atoms with Gasteiger partial charge in [-0.15, -0.1) is 0 Å². The van der Waals surface area contributed by atoms with E-state index in [-0.39, 0.29) is 29.8 Å². The lowest BCUT2D eigenvalue weighted by Gasteiger charge is -2.15. The fraction of sp³-hybridized carbons (Fsp3) is 0.280. The molecule has 2 aromatic carbocycles. The van der Waals surface area contributed by atoms with E-state index in [1.165, 1.54) is 10.9 Å². The molecule has 0 bridgehead atoms. The molecule has 180 valence electrons. The lowest BCUT2D eigenvalue weighted by Crippen LogP contribution is -2.36. The number of amides is 2. The molecule has 1 fully saturated rings. The van der Waals surface area contributed by atoms with E-state index < -0.39 is 24.1 Å². The quantitative estimate of drug-likeness (QED) is 0.425. The van der Waals surface area contributed by atoms with Crippen LogP contribution in [0.2, 0.25) is 0 Å². The molecule has 3 N–H and O–H groups in total. The first-order chi connectivity index (χ1) is 16.9. The second kappa shape index (κ2) is 9.22. The van der Waals surface area contributed by atoms with Gasteiger partial charge in [0.2, 0.25) is 0 Å². The lowest BCUT2D eigenvalue weighted by atomic mass is 9.98. The average Bonchev–Trinajstić information content (AvgIpc) is 3.53. The molecule has 3 aromatic rings. The van der Waals surface area contributed by atoms with Crippen molar-refractivity contribution in [2.75, 3.05) is 11.9 Å². The smallest absolute Gasteiger partial charge is 0.412 e. The first-order valence-corrected chi connectivity index (χ1v) is 11.3. The third kappa shape index (κ3) is 4.60. The van der Waals surface area contributed by atoms with Crippen molar-refractivity contribution < 1.29 is 29.1 Å². The van der Waals surface area contributed by atoms with E-state index in [4.69, 9.17) is 9.57 Å². The minimum atomic E-state index is -1.14. The molecule has 0 aliphatic heterocycles. The van der Waals surface area contributed by atoms with Crippen molar-refractivity contribution in [3.05, 3.63) is 71.4 Å². The third-order valence-corrected chi connectivity index (χ3v) is 6.21. The maximum absolute atomic E-state index is 12.6. The molecular weight excluding hydrogens is 452 g/mol. The number of hydroxylamine groups is 1. The molecule has 0 spiro atoms. The fourth-order valence-corrected chi connectivity index (χ4v) is 4.40. The molecule has 1 aromatic heterocycles. The molecule has 1 heterocycles. The molecule has 1 atom stereocenters. The van der Waals surface area contributed by atoms with Gasteiger partial charge in [0.25, 0.3) is 5.91 Å². The van der Waals surface area contributed by atoms with E-state index in [0.29, 0.717) is 0 Å². The summed E-state index contributed by atoms with van der Waals surface area (Å²) in [4.78, 5) is 41.6. The number of rotatable bonds is 8. The van der Waals surface area contributed by atoms with Gasteiger partial charge < -0.3 is 9.84 Å². The van der Waals surface area contributed by atoms with Gasteiger partial charge in [0.15, 0.2) is 11.9 Å². The monoisotopic (exact) mass is 476 g/mol. The summed E-state index contributed by atoms with van der Waals surface area (Å²) >= 11 is 0. The Hall–Kier alpha value is -4.18. The van der Waals surface area contributed by atoms with Crippen molar-refractivity contribution in [1.82, 2.24) is 15.3 Å². The van der Waals surface area contributed by atoms with Gasteiger partial charge in [0.05, 0.1) is 0 Å². The average molecular weight is 476 g/mol. The molecule has 5 rings (SSSR count). The number of carboxylic acids is 1. The zero-order chi connectivity index (χ0) is 24.5. The van der Waals surface area contributed by atoms with Crippen LogP contribution in [0.15, 0.2) is 54.7 Å². The maximum Gasteiger partial charge on any atom is 0.412 e. The zero-order valence-corrected chi connectivity index (χ0v) is 18.9.